The highest BCUT2D eigenvalue weighted by atomic mass is 19.1. The summed E-state index contributed by atoms with van der Waals surface area (Å²) in [5.74, 6) is 0.436. The summed E-state index contributed by atoms with van der Waals surface area (Å²) in [5, 5.41) is 9.46. The predicted molar refractivity (Wildman–Crippen MR) is 118 cm³/mol. The van der Waals surface area contributed by atoms with Gasteiger partial charge < -0.3 is 20.7 Å². The average Bonchev–Trinajstić information content (AvgIpc) is 2.80. The summed E-state index contributed by atoms with van der Waals surface area (Å²) < 4.78 is 20.0. The molecule has 2 fully saturated rings. The number of ether oxygens (including phenoxy) is 1. The van der Waals surface area contributed by atoms with Crippen molar-refractivity contribution in [2.45, 2.75) is 32.6 Å². The Morgan fingerprint density at radius 3 is 2.90 bits per heavy atom. The van der Waals surface area contributed by atoms with E-state index in [0.29, 0.717) is 29.3 Å². The molecular formula is C23H30FN5O2. The SMILES string of the molecule is CC1(CNc2cc(-c3cc(NC(=O)[C@@H]4CCCNC4)ncc3F)ccn2)CCOCC1. The topological polar surface area (TPSA) is 88.2 Å². The zero-order valence-corrected chi connectivity index (χ0v) is 17.9. The number of anilines is 2. The van der Waals surface area contributed by atoms with E-state index in [1.165, 1.54) is 0 Å². The molecule has 7 nitrogen and oxygen atoms in total. The molecule has 2 aromatic rings. The van der Waals surface area contributed by atoms with Crippen LogP contribution in [0, 0.1) is 17.2 Å². The van der Waals surface area contributed by atoms with Crippen molar-refractivity contribution in [3.8, 4) is 11.1 Å². The van der Waals surface area contributed by atoms with Gasteiger partial charge in [-0.3, -0.25) is 4.79 Å². The number of aromatic nitrogens is 2. The molecule has 31 heavy (non-hydrogen) atoms. The number of rotatable bonds is 6. The fourth-order valence-electron chi connectivity index (χ4n) is 4.07. The first-order valence-corrected chi connectivity index (χ1v) is 11.0. The molecule has 3 N–H and O–H groups in total. The van der Waals surface area contributed by atoms with Crippen molar-refractivity contribution < 1.29 is 13.9 Å². The Kier molecular flexibility index (Phi) is 6.77. The predicted octanol–water partition coefficient (Wildman–Crippen LogP) is 3.45. The second-order valence-electron chi connectivity index (χ2n) is 8.79. The molecular weight excluding hydrogens is 397 g/mol. The third-order valence-corrected chi connectivity index (χ3v) is 6.24. The van der Waals surface area contributed by atoms with E-state index in [1.54, 1.807) is 18.3 Å². The summed E-state index contributed by atoms with van der Waals surface area (Å²) in [4.78, 5) is 20.9. The number of carbonyl (C=O) groups excluding carboxylic acids is 1. The highest BCUT2D eigenvalue weighted by Crippen LogP contribution is 2.31. The third-order valence-electron chi connectivity index (χ3n) is 6.24. The van der Waals surface area contributed by atoms with Crippen molar-refractivity contribution >= 4 is 17.5 Å². The molecule has 2 aliphatic heterocycles. The number of halogens is 1. The number of amides is 1. The van der Waals surface area contributed by atoms with Gasteiger partial charge in [0.15, 0.2) is 0 Å². The number of piperidine rings is 1. The van der Waals surface area contributed by atoms with Crippen LogP contribution in [-0.4, -0.2) is 48.7 Å². The van der Waals surface area contributed by atoms with Gasteiger partial charge >= 0.3 is 0 Å². The van der Waals surface area contributed by atoms with Crippen LogP contribution in [0.1, 0.15) is 32.6 Å². The van der Waals surface area contributed by atoms with Crippen LogP contribution >= 0.6 is 0 Å². The molecule has 166 valence electrons. The van der Waals surface area contributed by atoms with Crippen LogP contribution in [0.4, 0.5) is 16.0 Å². The summed E-state index contributed by atoms with van der Waals surface area (Å²) in [7, 11) is 0. The smallest absolute Gasteiger partial charge is 0.229 e. The standard InChI is InChI=1S/C23H30FN5O2/c1-23(5-9-31-10-6-23)15-28-20-11-16(4-8-26-20)18-12-21(27-14-19(18)24)29-22(30)17-3-2-7-25-13-17/h4,8,11-12,14,17,25H,2-3,5-7,9-10,13,15H2,1H3,(H,26,28)(H,27,29,30)/t17-/m1/s1. The molecule has 2 aliphatic rings. The van der Waals surface area contributed by atoms with Gasteiger partial charge in [-0.15, -0.1) is 0 Å². The van der Waals surface area contributed by atoms with Gasteiger partial charge in [-0.25, -0.2) is 14.4 Å². The molecule has 2 aromatic heterocycles. The van der Waals surface area contributed by atoms with Gasteiger partial charge in [0.25, 0.3) is 0 Å². The first-order chi connectivity index (χ1) is 15.0. The van der Waals surface area contributed by atoms with Gasteiger partial charge in [-0.05, 0) is 61.4 Å². The van der Waals surface area contributed by atoms with Crippen molar-refractivity contribution in [2.75, 3.05) is 43.5 Å². The van der Waals surface area contributed by atoms with Crippen molar-refractivity contribution in [2.24, 2.45) is 11.3 Å². The van der Waals surface area contributed by atoms with E-state index in [9.17, 15) is 9.18 Å². The fraction of sp³-hybridized carbons (Fsp3) is 0.522. The maximum absolute atomic E-state index is 14.6. The van der Waals surface area contributed by atoms with Crippen LogP contribution in [0.2, 0.25) is 0 Å². The average molecular weight is 428 g/mol. The summed E-state index contributed by atoms with van der Waals surface area (Å²) in [5.41, 5.74) is 1.22. The summed E-state index contributed by atoms with van der Waals surface area (Å²) >= 11 is 0. The van der Waals surface area contributed by atoms with Gasteiger partial charge in [0.1, 0.15) is 17.5 Å². The molecule has 4 heterocycles. The van der Waals surface area contributed by atoms with Crippen LogP contribution < -0.4 is 16.0 Å². The van der Waals surface area contributed by atoms with Gasteiger partial charge in [0.2, 0.25) is 5.91 Å². The molecule has 1 amide bonds. The van der Waals surface area contributed by atoms with Gasteiger partial charge in [0.05, 0.1) is 12.1 Å². The quantitative estimate of drug-likeness (QED) is 0.655. The second kappa shape index (κ2) is 9.70. The Balaban J connectivity index is 1.46. The van der Waals surface area contributed by atoms with Crippen molar-refractivity contribution in [1.29, 1.82) is 0 Å². The highest BCUT2D eigenvalue weighted by molar-refractivity contribution is 5.92. The summed E-state index contributed by atoms with van der Waals surface area (Å²) in [6.45, 7) is 6.17. The summed E-state index contributed by atoms with van der Waals surface area (Å²) in [6, 6.07) is 5.18. The molecule has 0 saturated carbocycles. The minimum absolute atomic E-state index is 0.0842. The van der Waals surface area contributed by atoms with Crippen LogP contribution in [0.3, 0.4) is 0 Å². The minimum atomic E-state index is -0.439. The highest BCUT2D eigenvalue weighted by Gasteiger charge is 2.27. The van der Waals surface area contributed by atoms with E-state index < -0.39 is 5.82 Å². The lowest BCUT2D eigenvalue weighted by molar-refractivity contribution is -0.120. The Labute approximate surface area is 182 Å². The lowest BCUT2D eigenvalue weighted by atomic mass is 9.82. The molecule has 0 aromatic carbocycles. The molecule has 8 heteroatoms. The maximum Gasteiger partial charge on any atom is 0.229 e. The Hall–Kier alpha value is -2.58. The van der Waals surface area contributed by atoms with Crippen LogP contribution in [0.5, 0.6) is 0 Å². The van der Waals surface area contributed by atoms with E-state index in [4.69, 9.17) is 4.74 Å². The van der Waals surface area contributed by atoms with Gasteiger partial charge in [-0.2, -0.15) is 0 Å². The summed E-state index contributed by atoms with van der Waals surface area (Å²) in [6.07, 6.45) is 6.63. The van der Waals surface area contributed by atoms with E-state index in [1.807, 2.05) is 6.07 Å². The number of hydrogen-bond acceptors (Lipinski definition) is 6. The van der Waals surface area contributed by atoms with Crippen molar-refractivity contribution in [3.05, 3.63) is 36.4 Å². The van der Waals surface area contributed by atoms with Crippen molar-refractivity contribution in [3.63, 3.8) is 0 Å². The molecule has 1 atom stereocenters. The largest absolute Gasteiger partial charge is 0.381 e. The number of hydrogen-bond donors (Lipinski definition) is 3. The zero-order valence-electron chi connectivity index (χ0n) is 17.9. The minimum Gasteiger partial charge on any atom is -0.381 e. The van der Waals surface area contributed by atoms with Crippen LogP contribution in [0.15, 0.2) is 30.6 Å². The maximum atomic E-state index is 14.6. The molecule has 0 bridgehead atoms. The Bertz CT molecular complexity index is 911. The van der Waals surface area contributed by atoms with E-state index in [-0.39, 0.29) is 17.2 Å². The first-order valence-electron chi connectivity index (χ1n) is 11.0. The third kappa shape index (κ3) is 5.57. The number of carbonyl (C=O) groups is 1. The van der Waals surface area contributed by atoms with Crippen LogP contribution in [-0.2, 0) is 9.53 Å². The number of nitrogens with one attached hydrogen (secondary N) is 3. The normalized spacial score (nSPS) is 20.8. The molecule has 0 unspecified atom stereocenters. The molecule has 2 saturated heterocycles. The van der Waals surface area contributed by atoms with Gasteiger partial charge in [-0.1, -0.05) is 6.92 Å². The first kappa shape index (κ1) is 21.6. The van der Waals surface area contributed by atoms with Crippen molar-refractivity contribution in [1.82, 2.24) is 15.3 Å². The zero-order chi connectivity index (χ0) is 21.7. The monoisotopic (exact) mass is 427 g/mol. The number of nitrogens with zero attached hydrogens (tertiary/aromatic N) is 2. The Morgan fingerprint density at radius 1 is 1.29 bits per heavy atom. The molecule has 0 aliphatic carbocycles. The molecule has 0 spiro atoms. The second-order valence-corrected chi connectivity index (χ2v) is 8.79. The molecule has 0 radical (unpaired) electrons. The van der Waals surface area contributed by atoms with Crippen LogP contribution in [0.25, 0.3) is 11.1 Å². The van der Waals surface area contributed by atoms with E-state index in [0.717, 1.165) is 58.2 Å². The lowest BCUT2D eigenvalue weighted by Gasteiger charge is -2.33. The molecule has 4 rings (SSSR count). The van der Waals surface area contributed by atoms with E-state index in [2.05, 4.69) is 32.8 Å². The van der Waals surface area contributed by atoms with E-state index >= 15 is 0 Å². The van der Waals surface area contributed by atoms with Gasteiger partial charge in [0, 0.05) is 38.1 Å². The number of pyridine rings is 2. The lowest BCUT2D eigenvalue weighted by Crippen LogP contribution is -2.37. The fourth-order valence-corrected chi connectivity index (χ4v) is 4.07. The Morgan fingerprint density at radius 2 is 2.13 bits per heavy atom.